The Morgan fingerprint density at radius 1 is 1.22 bits per heavy atom. The van der Waals surface area contributed by atoms with Crippen LogP contribution in [0.25, 0.3) is 11.2 Å². The molecule has 3 nitrogen and oxygen atoms in total. The Bertz CT molecular complexity index is 689. The van der Waals surface area contributed by atoms with Gasteiger partial charge in [-0.1, -0.05) is 23.7 Å². The number of hydrogen-bond donors (Lipinski definition) is 0. The van der Waals surface area contributed by atoms with E-state index in [1.807, 2.05) is 37.3 Å². The second kappa shape index (κ2) is 4.42. The van der Waals surface area contributed by atoms with Crippen molar-refractivity contribution >= 4 is 22.8 Å². The largest absolute Gasteiger partial charge is 0.422 e. The van der Waals surface area contributed by atoms with Crippen molar-refractivity contribution in [2.24, 2.45) is 0 Å². The summed E-state index contributed by atoms with van der Waals surface area (Å²) in [5, 5.41) is 0.730. The quantitative estimate of drug-likeness (QED) is 0.702. The van der Waals surface area contributed by atoms with Crippen molar-refractivity contribution < 1.29 is 4.42 Å². The van der Waals surface area contributed by atoms with Crippen molar-refractivity contribution in [2.45, 2.75) is 13.3 Å². The van der Waals surface area contributed by atoms with Crippen LogP contribution in [0.1, 0.15) is 17.0 Å². The highest BCUT2D eigenvalue weighted by atomic mass is 35.5. The fourth-order valence-electron chi connectivity index (χ4n) is 1.82. The molecule has 4 heteroatoms. The molecule has 2 aromatic heterocycles. The third-order valence-corrected chi connectivity index (χ3v) is 2.95. The molecule has 0 radical (unpaired) electrons. The van der Waals surface area contributed by atoms with Gasteiger partial charge in [0.15, 0.2) is 0 Å². The Morgan fingerprint density at radius 2 is 2.00 bits per heavy atom. The van der Waals surface area contributed by atoms with Crippen LogP contribution in [0.5, 0.6) is 0 Å². The van der Waals surface area contributed by atoms with Crippen LogP contribution < -0.4 is 0 Å². The van der Waals surface area contributed by atoms with Crippen LogP contribution in [0.4, 0.5) is 0 Å². The third kappa shape index (κ3) is 2.22. The number of nitrogens with zero attached hydrogens (tertiary/aromatic N) is 2. The highest BCUT2D eigenvalue weighted by Gasteiger charge is 2.07. The average molecular weight is 259 g/mol. The Kier molecular flexibility index (Phi) is 2.76. The summed E-state index contributed by atoms with van der Waals surface area (Å²) < 4.78 is 5.60. The molecular formula is C14H11ClN2O. The number of halogens is 1. The van der Waals surface area contributed by atoms with Gasteiger partial charge in [-0.15, -0.1) is 0 Å². The minimum absolute atomic E-state index is 0.588. The minimum Gasteiger partial charge on any atom is -0.422 e. The first-order chi connectivity index (χ1) is 8.70. The van der Waals surface area contributed by atoms with Crippen molar-refractivity contribution in [2.75, 3.05) is 0 Å². The maximum absolute atomic E-state index is 5.85. The lowest BCUT2D eigenvalue weighted by molar-refractivity contribution is 0.535. The van der Waals surface area contributed by atoms with Crippen LogP contribution in [0, 0.1) is 6.92 Å². The molecule has 0 saturated heterocycles. The smallest absolute Gasteiger partial charge is 0.246 e. The molecular weight excluding hydrogens is 248 g/mol. The molecule has 3 aromatic rings. The molecule has 0 spiro atoms. The second-order valence-electron chi connectivity index (χ2n) is 4.25. The maximum Gasteiger partial charge on any atom is 0.246 e. The first-order valence-corrected chi connectivity index (χ1v) is 6.05. The molecule has 0 bridgehead atoms. The Labute approximate surface area is 109 Å². The molecule has 2 heterocycles. The molecule has 0 atom stereocenters. The van der Waals surface area contributed by atoms with Gasteiger partial charge in [0.05, 0.1) is 0 Å². The second-order valence-corrected chi connectivity index (χ2v) is 4.68. The normalized spacial score (nSPS) is 11.0. The van der Waals surface area contributed by atoms with E-state index in [1.54, 1.807) is 6.20 Å². The van der Waals surface area contributed by atoms with E-state index in [0.29, 0.717) is 18.0 Å². The van der Waals surface area contributed by atoms with E-state index < -0.39 is 0 Å². The average Bonchev–Trinajstić information content (AvgIpc) is 2.73. The zero-order chi connectivity index (χ0) is 12.5. The van der Waals surface area contributed by atoms with Crippen LogP contribution in [0.3, 0.4) is 0 Å². The predicted molar refractivity (Wildman–Crippen MR) is 70.8 cm³/mol. The highest BCUT2D eigenvalue weighted by Crippen LogP contribution is 2.18. The first kappa shape index (κ1) is 11.2. The van der Waals surface area contributed by atoms with Crippen molar-refractivity contribution in [1.29, 1.82) is 0 Å². The van der Waals surface area contributed by atoms with Crippen molar-refractivity contribution in [3.8, 4) is 0 Å². The van der Waals surface area contributed by atoms with Crippen LogP contribution in [-0.2, 0) is 6.42 Å². The lowest BCUT2D eigenvalue weighted by Gasteiger charge is -1.96. The van der Waals surface area contributed by atoms with Crippen LogP contribution in [-0.4, -0.2) is 9.97 Å². The SMILES string of the molecule is Cc1cnc2oc(Cc3ccc(Cl)cc3)nc2c1. The van der Waals surface area contributed by atoms with Gasteiger partial charge in [0, 0.05) is 17.6 Å². The topological polar surface area (TPSA) is 38.9 Å². The Balaban J connectivity index is 1.92. The summed E-state index contributed by atoms with van der Waals surface area (Å²) in [6.45, 7) is 1.99. The number of hydrogen-bond acceptors (Lipinski definition) is 3. The number of aromatic nitrogens is 2. The van der Waals surface area contributed by atoms with Crippen molar-refractivity contribution in [3.63, 3.8) is 0 Å². The van der Waals surface area contributed by atoms with Gasteiger partial charge in [-0.3, -0.25) is 0 Å². The number of aryl methyl sites for hydroxylation is 1. The molecule has 1 aromatic carbocycles. The minimum atomic E-state index is 0.588. The van der Waals surface area contributed by atoms with E-state index in [0.717, 1.165) is 21.7 Å². The van der Waals surface area contributed by atoms with E-state index in [9.17, 15) is 0 Å². The highest BCUT2D eigenvalue weighted by molar-refractivity contribution is 6.30. The van der Waals surface area contributed by atoms with Gasteiger partial charge < -0.3 is 4.42 Å². The fourth-order valence-corrected chi connectivity index (χ4v) is 1.95. The lowest BCUT2D eigenvalue weighted by atomic mass is 10.1. The molecule has 0 N–H and O–H groups in total. The standard InChI is InChI=1S/C14H11ClN2O/c1-9-6-12-14(16-8-9)18-13(17-12)7-10-2-4-11(15)5-3-10/h2-6,8H,7H2,1H3. The van der Waals surface area contributed by atoms with E-state index in [2.05, 4.69) is 9.97 Å². The van der Waals surface area contributed by atoms with Gasteiger partial charge in [0.1, 0.15) is 5.52 Å². The zero-order valence-electron chi connectivity index (χ0n) is 9.85. The number of benzene rings is 1. The van der Waals surface area contributed by atoms with Gasteiger partial charge in [-0.05, 0) is 36.2 Å². The van der Waals surface area contributed by atoms with E-state index >= 15 is 0 Å². The summed E-state index contributed by atoms with van der Waals surface area (Å²) in [4.78, 5) is 8.64. The van der Waals surface area contributed by atoms with Gasteiger partial charge in [0.25, 0.3) is 0 Å². The summed E-state index contributed by atoms with van der Waals surface area (Å²) in [5.74, 6) is 0.672. The number of fused-ring (bicyclic) bond motifs is 1. The van der Waals surface area contributed by atoms with Crippen molar-refractivity contribution in [1.82, 2.24) is 9.97 Å². The third-order valence-electron chi connectivity index (χ3n) is 2.70. The molecule has 18 heavy (non-hydrogen) atoms. The lowest BCUT2D eigenvalue weighted by Crippen LogP contribution is -1.87. The molecule has 90 valence electrons. The summed E-state index contributed by atoms with van der Waals surface area (Å²) in [6, 6.07) is 9.63. The molecule has 0 fully saturated rings. The van der Waals surface area contributed by atoms with Gasteiger partial charge in [-0.2, -0.15) is 0 Å². The number of rotatable bonds is 2. The predicted octanol–water partition coefficient (Wildman–Crippen LogP) is 3.78. The Morgan fingerprint density at radius 3 is 2.78 bits per heavy atom. The molecule has 0 aliphatic rings. The van der Waals surface area contributed by atoms with Crippen molar-refractivity contribution in [3.05, 3.63) is 58.6 Å². The van der Waals surface area contributed by atoms with Crippen LogP contribution in [0.2, 0.25) is 5.02 Å². The summed E-state index contributed by atoms with van der Waals surface area (Å²) >= 11 is 5.85. The Hall–Kier alpha value is -1.87. The monoisotopic (exact) mass is 258 g/mol. The molecule has 0 aliphatic heterocycles. The number of oxazole rings is 1. The molecule has 0 unspecified atom stereocenters. The van der Waals surface area contributed by atoms with E-state index in [-0.39, 0.29) is 0 Å². The fraction of sp³-hybridized carbons (Fsp3) is 0.143. The van der Waals surface area contributed by atoms with Crippen LogP contribution in [0.15, 0.2) is 40.9 Å². The summed E-state index contributed by atoms with van der Waals surface area (Å²) in [6.07, 6.45) is 2.42. The first-order valence-electron chi connectivity index (χ1n) is 5.67. The molecule has 3 rings (SSSR count). The van der Waals surface area contributed by atoms with Gasteiger partial charge in [-0.25, -0.2) is 9.97 Å². The maximum atomic E-state index is 5.85. The van der Waals surface area contributed by atoms with Gasteiger partial charge in [0.2, 0.25) is 11.6 Å². The number of pyridine rings is 1. The zero-order valence-corrected chi connectivity index (χ0v) is 10.6. The van der Waals surface area contributed by atoms with E-state index in [4.69, 9.17) is 16.0 Å². The van der Waals surface area contributed by atoms with Crippen LogP contribution >= 0.6 is 11.6 Å². The molecule has 0 aliphatic carbocycles. The summed E-state index contributed by atoms with van der Waals surface area (Å²) in [7, 11) is 0. The summed E-state index contributed by atoms with van der Waals surface area (Å²) in [5.41, 5.74) is 3.58. The van der Waals surface area contributed by atoms with E-state index in [1.165, 1.54) is 0 Å². The molecule has 0 amide bonds. The molecule has 0 saturated carbocycles. The van der Waals surface area contributed by atoms with Gasteiger partial charge >= 0.3 is 0 Å².